The summed E-state index contributed by atoms with van der Waals surface area (Å²) in [5, 5.41) is 13.1. The molecular weight excluding hydrogens is 583 g/mol. The van der Waals surface area contributed by atoms with Crippen LogP contribution in [0.4, 0.5) is 0 Å². The van der Waals surface area contributed by atoms with E-state index in [1.54, 1.807) is 0 Å². The smallest absolute Gasteiger partial charge is 0.0634 e. The zero-order valence-corrected chi connectivity index (χ0v) is 25.7. The molecule has 0 unspecified atom stereocenters. The monoisotopic (exact) mass is 605 g/mol. The molecule has 0 aliphatic carbocycles. The van der Waals surface area contributed by atoms with Crippen LogP contribution in [0.15, 0.2) is 140 Å². The Labute approximate surface area is 265 Å². The Morgan fingerprint density at radius 3 is 1.80 bits per heavy atom. The molecule has 0 radical (unpaired) electrons. The van der Waals surface area contributed by atoms with Crippen molar-refractivity contribution in [2.45, 2.75) is 0 Å². The molecule has 0 bridgehead atoms. The molecule has 11 rings (SSSR count). The Morgan fingerprint density at radius 1 is 0.333 bits per heavy atom. The molecule has 0 aliphatic rings. The van der Waals surface area contributed by atoms with E-state index < -0.39 is 0 Å². The molecule has 0 amide bonds. The van der Waals surface area contributed by atoms with Gasteiger partial charge in [0.1, 0.15) is 0 Å². The summed E-state index contributed by atoms with van der Waals surface area (Å²) in [6, 6.07) is 52.2. The minimum absolute atomic E-state index is 1.23. The first-order chi connectivity index (χ1) is 22.3. The summed E-state index contributed by atoms with van der Waals surface area (Å²) in [5.41, 5.74) is 6.28. The molecule has 45 heavy (non-hydrogen) atoms. The number of aromatic nitrogens is 1. The number of para-hydroxylation sites is 1. The highest BCUT2D eigenvalue weighted by molar-refractivity contribution is 7.26. The second-order valence-electron chi connectivity index (χ2n) is 12.1. The maximum absolute atomic E-state index is 2.55. The van der Waals surface area contributed by atoms with Gasteiger partial charge in [0.2, 0.25) is 0 Å². The maximum atomic E-state index is 2.55. The van der Waals surface area contributed by atoms with Crippen molar-refractivity contribution in [1.29, 1.82) is 0 Å². The maximum Gasteiger partial charge on any atom is 0.0634 e. The lowest BCUT2D eigenvalue weighted by molar-refractivity contribution is 1.36. The van der Waals surface area contributed by atoms with Crippen LogP contribution >= 0.6 is 22.7 Å². The van der Waals surface area contributed by atoms with Gasteiger partial charge in [0.15, 0.2) is 0 Å². The van der Waals surface area contributed by atoms with Crippen LogP contribution in [-0.2, 0) is 0 Å². The van der Waals surface area contributed by atoms with E-state index in [9.17, 15) is 0 Å². The fraction of sp³-hybridized carbons (Fsp3) is 0. The number of hydrogen-bond acceptors (Lipinski definition) is 2. The van der Waals surface area contributed by atoms with E-state index in [1.165, 1.54) is 100 Å². The predicted octanol–water partition coefficient (Wildman–Crippen LogP) is 13.0. The fourth-order valence-corrected chi connectivity index (χ4v) is 10.0. The minimum Gasteiger partial charge on any atom is -0.308 e. The molecule has 4 heterocycles. The highest BCUT2D eigenvalue weighted by Gasteiger charge is 2.20. The quantitative estimate of drug-likeness (QED) is 0.175. The van der Waals surface area contributed by atoms with Crippen molar-refractivity contribution in [1.82, 2.24) is 4.40 Å². The molecule has 0 saturated carbocycles. The van der Waals surface area contributed by atoms with Gasteiger partial charge in [0.05, 0.1) is 16.6 Å². The van der Waals surface area contributed by atoms with Crippen LogP contribution in [0, 0.1) is 0 Å². The topological polar surface area (TPSA) is 4.41 Å². The van der Waals surface area contributed by atoms with Crippen molar-refractivity contribution in [2.75, 3.05) is 0 Å². The third-order valence-electron chi connectivity index (χ3n) is 9.75. The van der Waals surface area contributed by atoms with Crippen molar-refractivity contribution in [2.24, 2.45) is 0 Å². The predicted molar refractivity (Wildman–Crippen MR) is 199 cm³/mol. The van der Waals surface area contributed by atoms with E-state index in [4.69, 9.17) is 0 Å². The van der Waals surface area contributed by atoms with E-state index in [0.29, 0.717) is 0 Å². The molecule has 208 valence electrons. The van der Waals surface area contributed by atoms with Gasteiger partial charge in [-0.3, -0.25) is 0 Å². The summed E-state index contributed by atoms with van der Waals surface area (Å²) in [6.45, 7) is 0. The number of thiophene rings is 2. The second kappa shape index (κ2) is 8.70. The SMILES string of the molecule is c1ccc2c(c1)sc1ccc(-c3ccc4c(c3)c3ccc5sc6cccc7c8ccccc8c8ccccc8n4c3c5c67)cc12. The first-order valence-electron chi connectivity index (χ1n) is 15.4. The summed E-state index contributed by atoms with van der Waals surface area (Å²) in [4.78, 5) is 0. The molecule has 1 nitrogen and oxygen atoms in total. The molecule has 0 saturated heterocycles. The molecule has 7 aromatic carbocycles. The number of rotatable bonds is 1. The molecule has 0 atom stereocenters. The highest BCUT2D eigenvalue weighted by Crippen LogP contribution is 2.46. The first kappa shape index (κ1) is 24.1. The average molecular weight is 606 g/mol. The van der Waals surface area contributed by atoms with Gasteiger partial charge in [-0.25, -0.2) is 0 Å². The summed E-state index contributed by atoms with van der Waals surface area (Å²) in [5.74, 6) is 0. The summed E-state index contributed by atoms with van der Waals surface area (Å²) < 4.78 is 7.90. The Morgan fingerprint density at radius 2 is 0.911 bits per heavy atom. The largest absolute Gasteiger partial charge is 0.308 e. The molecule has 4 aromatic heterocycles. The standard InChI is InChI=1S/C42H23NS2/c1-2-9-27-26(8-1)28-10-3-5-13-34(28)43-35-19-16-24(25-17-20-37-33(23-25)29-11-4-6-14-36(29)44-37)22-32(35)31-18-21-39-41(42(31)43)40-30(27)12-7-15-38(40)45-39/h1-23H. The lowest BCUT2D eigenvalue weighted by Crippen LogP contribution is -1.86. The number of nitrogens with zero attached hydrogens (tertiary/aromatic N) is 1. The summed E-state index contributed by atoms with van der Waals surface area (Å²) in [7, 11) is 0. The highest BCUT2D eigenvalue weighted by atomic mass is 32.1. The number of benzene rings is 7. The van der Waals surface area contributed by atoms with Gasteiger partial charge in [-0.1, -0.05) is 91.0 Å². The number of hydrogen-bond donors (Lipinski definition) is 0. The van der Waals surface area contributed by atoms with Crippen LogP contribution in [0.3, 0.4) is 0 Å². The van der Waals surface area contributed by atoms with Crippen molar-refractivity contribution in [3.63, 3.8) is 0 Å². The van der Waals surface area contributed by atoms with E-state index in [-0.39, 0.29) is 0 Å². The Kier molecular flexibility index (Phi) is 4.67. The van der Waals surface area contributed by atoms with Gasteiger partial charge in [-0.05, 0) is 75.8 Å². The van der Waals surface area contributed by atoms with Crippen LogP contribution in [0.1, 0.15) is 0 Å². The Hall–Kier alpha value is -5.22. The van der Waals surface area contributed by atoms with Crippen molar-refractivity contribution < 1.29 is 0 Å². The third-order valence-corrected chi connectivity index (χ3v) is 12.0. The van der Waals surface area contributed by atoms with E-state index in [2.05, 4.69) is 144 Å². The van der Waals surface area contributed by atoms with E-state index in [0.717, 1.165) is 0 Å². The molecular formula is C42H23NS2. The van der Waals surface area contributed by atoms with Crippen molar-refractivity contribution >= 4 is 112 Å². The lowest BCUT2D eigenvalue weighted by Gasteiger charge is -2.06. The van der Waals surface area contributed by atoms with Crippen LogP contribution in [0.5, 0.6) is 0 Å². The molecule has 11 aromatic rings. The van der Waals surface area contributed by atoms with Crippen LogP contribution < -0.4 is 0 Å². The van der Waals surface area contributed by atoms with Crippen LogP contribution in [-0.4, -0.2) is 4.40 Å². The van der Waals surface area contributed by atoms with Crippen molar-refractivity contribution in [3.05, 3.63) is 140 Å². The normalized spacial score (nSPS) is 12.4. The minimum atomic E-state index is 1.23. The van der Waals surface area contributed by atoms with Gasteiger partial charge in [0.25, 0.3) is 0 Å². The number of fused-ring (bicyclic) bond motifs is 11. The van der Waals surface area contributed by atoms with E-state index in [1.807, 2.05) is 22.7 Å². The molecule has 0 N–H and O–H groups in total. The summed E-state index contributed by atoms with van der Waals surface area (Å²) in [6.07, 6.45) is 0. The zero-order chi connectivity index (χ0) is 29.2. The average Bonchev–Trinajstić information content (AvgIpc) is 3.77. The van der Waals surface area contributed by atoms with Gasteiger partial charge in [0, 0.05) is 56.5 Å². The molecule has 0 aliphatic heterocycles. The molecule has 0 spiro atoms. The van der Waals surface area contributed by atoms with E-state index >= 15 is 0 Å². The van der Waals surface area contributed by atoms with Crippen molar-refractivity contribution in [3.8, 4) is 11.1 Å². The van der Waals surface area contributed by atoms with Gasteiger partial charge in [-0.2, -0.15) is 0 Å². The molecule has 3 heteroatoms. The Balaban J connectivity index is 1.35. The van der Waals surface area contributed by atoms with Gasteiger partial charge >= 0.3 is 0 Å². The van der Waals surface area contributed by atoms with Crippen LogP contribution in [0.25, 0.3) is 100 Å². The Bertz CT molecular complexity index is 3030. The zero-order valence-electron chi connectivity index (χ0n) is 24.0. The van der Waals surface area contributed by atoms with Crippen LogP contribution in [0.2, 0.25) is 0 Å². The second-order valence-corrected chi connectivity index (χ2v) is 14.2. The van der Waals surface area contributed by atoms with Gasteiger partial charge < -0.3 is 4.40 Å². The first-order valence-corrected chi connectivity index (χ1v) is 17.0. The van der Waals surface area contributed by atoms with Gasteiger partial charge in [-0.15, -0.1) is 22.7 Å². The summed E-state index contributed by atoms with van der Waals surface area (Å²) >= 11 is 3.78. The molecule has 0 fully saturated rings. The third kappa shape index (κ3) is 3.16. The lowest BCUT2D eigenvalue weighted by atomic mass is 9.99. The fourth-order valence-electron chi connectivity index (χ4n) is 7.82.